The first-order valence-corrected chi connectivity index (χ1v) is 11.1. The Kier molecular flexibility index (Phi) is 10.6. The van der Waals surface area contributed by atoms with Crippen LogP contribution in [0.3, 0.4) is 0 Å². The fraction of sp³-hybridized carbons (Fsp3) is 0.409. The molecule has 2 aromatic carbocycles. The summed E-state index contributed by atoms with van der Waals surface area (Å²) in [6.45, 7) is 1.20. The molecule has 4 nitrogen and oxygen atoms in total. The molecule has 2 N–H and O–H groups in total. The first-order chi connectivity index (χ1) is 13.6. The van der Waals surface area contributed by atoms with Gasteiger partial charge in [0.1, 0.15) is 5.75 Å². The average Bonchev–Trinajstić information content (AvgIpc) is 2.69. The Bertz CT molecular complexity index is 724. The highest BCUT2D eigenvalue weighted by atomic mass is 79.9. The summed E-state index contributed by atoms with van der Waals surface area (Å²) < 4.78 is 5.36. The van der Waals surface area contributed by atoms with Crippen molar-refractivity contribution in [2.24, 2.45) is 0 Å². The van der Waals surface area contributed by atoms with Gasteiger partial charge < -0.3 is 15.2 Å². The molecule has 0 aliphatic carbocycles. The molecule has 0 aromatic heterocycles. The minimum absolute atomic E-state index is 0.181. The van der Waals surface area contributed by atoms with E-state index in [9.17, 15) is 9.90 Å². The van der Waals surface area contributed by atoms with Crippen LogP contribution >= 0.6 is 27.5 Å². The lowest BCUT2D eigenvalue weighted by molar-refractivity contribution is -0.134. The standard InChI is InChI=1S/C22H27BrClNO3/c23-13-3-1-2-7-22(27)28-20-10-8-17(9-11-20)12-14-25-16-21(26)18-5-4-6-19(24)15-18/h4-6,8-11,15,21,25-26H,1-3,7,12-14,16H2. The Morgan fingerprint density at radius 2 is 1.93 bits per heavy atom. The summed E-state index contributed by atoms with van der Waals surface area (Å²) in [7, 11) is 0. The molecule has 0 saturated heterocycles. The van der Waals surface area contributed by atoms with E-state index < -0.39 is 6.10 Å². The molecular formula is C22H27BrClNO3. The number of aliphatic hydroxyl groups is 1. The fourth-order valence-corrected chi connectivity index (χ4v) is 3.35. The molecule has 1 atom stereocenters. The molecule has 1 unspecified atom stereocenters. The quantitative estimate of drug-likeness (QED) is 0.198. The Hall–Kier alpha value is -1.40. The lowest BCUT2D eigenvalue weighted by Crippen LogP contribution is -2.23. The Labute approximate surface area is 180 Å². The highest BCUT2D eigenvalue weighted by molar-refractivity contribution is 9.09. The molecule has 0 bridgehead atoms. The topological polar surface area (TPSA) is 58.6 Å². The molecule has 0 heterocycles. The van der Waals surface area contributed by atoms with E-state index in [0.29, 0.717) is 23.7 Å². The number of esters is 1. The third kappa shape index (κ3) is 8.74. The number of hydrogen-bond donors (Lipinski definition) is 2. The maximum absolute atomic E-state index is 11.8. The first-order valence-electron chi connectivity index (χ1n) is 9.58. The molecule has 0 saturated carbocycles. The van der Waals surface area contributed by atoms with Gasteiger partial charge in [0.15, 0.2) is 0 Å². The number of hydrogen-bond acceptors (Lipinski definition) is 4. The van der Waals surface area contributed by atoms with E-state index in [1.165, 1.54) is 0 Å². The fourth-order valence-electron chi connectivity index (χ4n) is 2.75. The normalized spacial score (nSPS) is 12.0. The van der Waals surface area contributed by atoms with E-state index in [1.54, 1.807) is 12.1 Å². The Balaban J connectivity index is 1.66. The van der Waals surface area contributed by atoms with Gasteiger partial charge in [0.05, 0.1) is 6.10 Å². The molecule has 0 aliphatic heterocycles. The Morgan fingerprint density at radius 1 is 1.14 bits per heavy atom. The zero-order chi connectivity index (χ0) is 20.2. The summed E-state index contributed by atoms with van der Waals surface area (Å²) in [5.41, 5.74) is 1.94. The van der Waals surface area contributed by atoms with Gasteiger partial charge in [-0.15, -0.1) is 0 Å². The summed E-state index contributed by atoms with van der Waals surface area (Å²) in [5.74, 6) is 0.401. The van der Waals surface area contributed by atoms with Crippen LogP contribution in [0.4, 0.5) is 0 Å². The van der Waals surface area contributed by atoms with Gasteiger partial charge >= 0.3 is 5.97 Å². The van der Waals surface area contributed by atoms with Crippen molar-refractivity contribution in [3.63, 3.8) is 0 Å². The van der Waals surface area contributed by atoms with Crippen LogP contribution in [0.5, 0.6) is 5.75 Å². The molecule has 0 fully saturated rings. The number of unbranched alkanes of at least 4 members (excludes halogenated alkanes) is 2. The number of alkyl halides is 1. The molecule has 6 heteroatoms. The minimum Gasteiger partial charge on any atom is -0.427 e. The summed E-state index contributed by atoms with van der Waals surface area (Å²) in [6, 6.07) is 14.8. The van der Waals surface area contributed by atoms with E-state index in [1.807, 2.05) is 36.4 Å². The number of aliphatic hydroxyl groups excluding tert-OH is 1. The van der Waals surface area contributed by atoms with Crippen molar-refractivity contribution in [2.75, 3.05) is 18.4 Å². The van der Waals surface area contributed by atoms with Gasteiger partial charge in [0, 0.05) is 23.3 Å². The van der Waals surface area contributed by atoms with Crippen LogP contribution in [0.2, 0.25) is 5.02 Å². The third-order valence-electron chi connectivity index (χ3n) is 4.33. The van der Waals surface area contributed by atoms with Gasteiger partial charge in [-0.25, -0.2) is 0 Å². The van der Waals surface area contributed by atoms with Gasteiger partial charge in [0.25, 0.3) is 0 Å². The third-order valence-corrected chi connectivity index (χ3v) is 5.13. The summed E-state index contributed by atoms with van der Waals surface area (Å²) in [5, 5.41) is 15.0. The van der Waals surface area contributed by atoms with Crippen LogP contribution < -0.4 is 10.1 Å². The number of ether oxygens (including phenoxy) is 1. The molecular weight excluding hydrogens is 442 g/mol. The van der Waals surface area contributed by atoms with Crippen LogP contribution in [-0.2, 0) is 11.2 Å². The smallest absolute Gasteiger partial charge is 0.311 e. The molecule has 152 valence electrons. The van der Waals surface area contributed by atoms with Crippen molar-refractivity contribution in [1.29, 1.82) is 0 Å². The number of benzene rings is 2. The van der Waals surface area contributed by atoms with Crippen LogP contribution in [0, 0.1) is 0 Å². The number of nitrogens with one attached hydrogen (secondary N) is 1. The lowest BCUT2D eigenvalue weighted by atomic mass is 10.1. The second-order valence-corrected chi connectivity index (χ2v) is 7.87. The predicted octanol–water partition coefficient (Wildman–Crippen LogP) is 5.07. The van der Waals surface area contributed by atoms with Crippen molar-refractivity contribution < 1.29 is 14.6 Å². The predicted molar refractivity (Wildman–Crippen MR) is 117 cm³/mol. The number of halogens is 2. The van der Waals surface area contributed by atoms with Gasteiger partial charge in [-0.05, 0) is 61.2 Å². The molecule has 0 amide bonds. The van der Waals surface area contributed by atoms with E-state index in [2.05, 4.69) is 21.2 Å². The summed E-state index contributed by atoms with van der Waals surface area (Å²) in [4.78, 5) is 11.8. The highest BCUT2D eigenvalue weighted by Gasteiger charge is 2.08. The van der Waals surface area contributed by atoms with Gasteiger partial charge in [0.2, 0.25) is 0 Å². The molecule has 0 radical (unpaired) electrons. The number of rotatable bonds is 12. The summed E-state index contributed by atoms with van der Waals surface area (Å²) >= 11 is 9.33. The molecule has 28 heavy (non-hydrogen) atoms. The van der Waals surface area contributed by atoms with E-state index in [4.69, 9.17) is 16.3 Å². The highest BCUT2D eigenvalue weighted by Crippen LogP contribution is 2.17. The van der Waals surface area contributed by atoms with Crippen LogP contribution in [0.1, 0.15) is 42.9 Å². The van der Waals surface area contributed by atoms with Crippen LogP contribution in [0.25, 0.3) is 0 Å². The maximum Gasteiger partial charge on any atom is 0.311 e. The van der Waals surface area contributed by atoms with Crippen molar-refractivity contribution in [3.05, 3.63) is 64.7 Å². The second kappa shape index (κ2) is 12.9. The Morgan fingerprint density at radius 3 is 2.64 bits per heavy atom. The van der Waals surface area contributed by atoms with Gasteiger partial charge in [-0.3, -0.25) is 4.79 Å². The molecule has 2 aromatic rings. The average molecular weight is 469 g/mol. The van der Waals surface area contributed by atoms with E-state index >= 15 is 0 Å². The van der Waals surface area contributed by atoms with Gasteiger partial charge in [-0.2, -0.15) is 0 Å². The van der Waals surface area contributed by atoms with Crippen molar-refractivity contribution in [3.8, 4) is 5.75 Å². The zero-order valence-electron chi connectivity index (χ0n) is 15.9. The van der Waals surface area contributed by atoms with Gasteiger partial charge in [-0.1, -0.05) is 58.2 Å². The van der Waals surface area contributed by atoms with Crippen LogP contribution in [-0.4, -0.2) is 29.5 Å². The minimum atomic E-state index is -0.588. The molecule has 2 rings (SSSR count). The van der Waals surface area contributed by atoms with Crippen molar-refractivity contribution in [2.45, 2.75) is 38.2 Å². The number of carbonyl (C=O) groups is 1. The lowest BCUT2D eigenvalue weighted by Gasteiger charge is -2.12. The van der Waals surface area contributed by atoms with Crippen LogP contribution in [0.15, 0.2) is 48.5 Å². The molecule has 0 spiro atoms. The first kappa shape index (κ1) is 22.9. The summed E-state index contributed by atoms with van der Waals surface area (Å²) in [6.07, 6.45) is 3.64. The molecule has 0 aliphatic rings. The zero-order valence-corrected chi connectivity index (χ0v) is 18.2. The second-order valence-electron chi connectivity index (χ2n) is 6.64. The number of carbonyl (C=O) groups excluding carboxylic acids is 1. The van der Waals surface area contributed by atoms with E-state index in [-0.39, 0.29) is 5.97 Å². The SMILES string of the molecule is O=C(CCCCCBr)Oc1ccc(CCNCC(O)c2cccc(Cl)c2)cc1. The largest absolute Gasteiger partial charge is 0.427 e. The monoisotopic (exact) mass is 467 g/mol. The maximum atomic E-state index is 11.8. The van der Waals surface area contributed by atoms with Crippen molar-refractivity contribution in [1.82, 2.24) is 5.32 Å². The van der Waals surface area contributed by atoms with Crippen molar-refractivity contribution >= 4 is 33.5 Å². The van der Waals surface area contributed by atoms with E-state index in [0.717, 1.165) is 48.7 Å².